The van der Waals surface area contributed by atoms with Crippen molar-refractivity contribution >= 4 is 17.7 Å². The lowest BCUT2D eigenvalue weighted by Crippen LogP contribution is -2.34. The van der Waals surface area contributed by atoms with Gasteiger partial charge in [0.05, 0.1) is 13.2 Å². The first kappa shape index (κ1) is 9.70. The lowest BCUT2D eigenvalue weighted by atomic mass is 10.1. The summed E-state index contributed by atoms with van der Waals surface area (Å²) in [4.78, 5) is 32.7. The van der Waals surface area contributed by atoms with Gasteiger partial charge < -0.3 is 10.1 Å². The Bertz CT molecular complexity index is 249. The molecule has 0 aromatic carbocycles. The van der Waals surface area contributed by atoms with Gasteiger partial charge in [-0.2, -0.15) is 0 Å². The maximum Gasteiger partial charge on any atom is 0.313 e. The fourth-order valence-corrected chi connectivity index (χ4v) is 1.19. The predicted molar refractivity (Wildman–Crippen MR) is 42.8 cm³/mol. The van der Waals surface area contributed by atoms with E-state index >= 15 is 0 Å². The molecule has 1 aliphatic heterocycles. The van der Waals surface area contributed by atoms with Crippen LogP contribution in [-0.4, -0.2) is 30.8 Å². The van der Waals surface area contributed by atoms with E-state index in [0.717, 1.165) is 0 Å². The second-order valence-corrected chi connectivity index (χ2v) is 2.88. The number of hydrogen-bond acceptors (Lipinski definition) is 4. The van der Waals surface area contributed by atoms with Crippen molar-refractivity contribution in [2.75, 3.05) is 7.11 Å². The summed E-state index contributed by atoms with van der Waals surface area (Å²) in [7, 11) is 1.23. The number of carbonyl (C=O) groups is 3. The first-order chi connectivity index (χ1) is 6.13. The second-order valence-electron chi connectivity index (χ2n) is 2.88. The van der Waals surface area contributed by atoms with Crippen LogP contribution in [0.5, 0.6) is 0 Å². The summed E-state index contributed by atoms with van der Waals surface area (Å²) in [5, 5.41) is 2.49. The van der Waals surface area contributed by atoms with E-state index in [1.165, 1.54) is 7.11 Å². The molecule has 0 radical (unpaired) electrons. The molecule has 1 N–H and O–H groups in total. The molecule has 0 aliphatic carbocycles. The molecule has 13 heavy (non-hydrogen) atoms. The van der Waals surface area contributed by atoms with Gasteiger partial charge >= 0.3 is 5.97 Å². The van der Waals surface area contributed by atoms with Crippen molar-refractivity contribution in [3.05, 3.63) is 0 Å². The maximum absolute atomic E-state index is 11.2. The molecule has 1 atom stereocenters. The number of nitrogens with one attached hydrogen (secondary N) is 1. The average molecular weight is 185 g/mol. The quantitative estimate of drug-likeness (QED) is 0.470. The largest absolute Gasteiger partial charge is 0.469 e. The van der Waals surface area contributed by atoms with E-state index in [0.29, 0.717) is 12.8 Å². The number of ether oxygens (including phenoxy) is 1. The molecular weight excluding hydrogens is 174 g/mol. The SMILES string of the molecule is COC(=O)CC(=O)[C@@H]1CCC(=O)N1. The van der Waals surface area contributed by atoms with Crippen LogP contribution in [0, 0.1) is 0 Å². The minimum absolute atomic E-state index is 0.136. The second kappa shape index (κ2) is 4.02. The van der Waals surface area contributed by atoms with E-state index in [-0.39, 0.29) is 18.1 Å². The van der Waals surface area contributed by atoms with Gasteiger partial charge in [0.25, 0.3) is 0 Å². The summed E-state index contributed by atoms with van der Waals surface area (Å²) in [5.41, 5.74) is 0. The number of rotatable bonds is 3. The number of ketones is 1. The van der Waals surface area contributed by atoms with Crippen molar-refractivity contribution in [1.29, 1.82) is 0 Å². The summed E-state index contributed by atoms with van der Waals surface area (Å²) >= 11 is 0. The molecule has 5 heteroatoms. The normalized spacial score (nSPS) is 21.0. The van der Waals surface area contributed by atoms with Crippen molar-refractivity contribution in [1.82, 2.24) is 5.32 Å². The number of carbonyl (C=O) groups excluding carboxylic acids is 3. The Kier molecular flexibility index (Phi) is 3.00. The Morgan fingerprint density at radius 2 is 2.31 bits per heavy atom. The van der Waals surface area contributed by atoms with Crippen molar-refractivity contribution < 1.29 is 19.1 Å². The molecule has 0 bridgehead atoms. The van der Waals surface area contributed by atoms with Gasteiger partial charge in [-0.1, -0.05) is 0 Å². The van der Waals surface area contributed by atoms with Crippen LogP contribution in [0.4, 0.5) is 0 Å². The fourth-order valence-electron chi connectivity index (χ4n) is 1.19. The highest BCUT2D eigenvalue weighted by Gasteiger charge is 2.28. The Balaban J connectivity index is 2.40. The molecule has 0 aromatic heterocycles. The van der Waals surface area contributed by atoms with Crippen LogP contribution >= 0.6 is 0 Å². The van der Waals surface area contributed by atoms with Crippen LogP contribution in [0.3, 0.4) is 0 Å². The smallest absolute Gasteiger partial charge is 0.313 e. The molecule has 0 aromatic rings. The topological polar surface area (TPSA) is 72.5 Å². The van der Waals surface area contributed by atoms with E-state index in [1.807, 2.05) is 0 Å². The third kappa shape index (κ3) is 2.54. The summed E-state index contributed by atoms with van der Waals surface area (Å²) in [5.74, 6) is -0.980. The third-order valence-corrected chi connectivity index (χ3v) is 1.93. The summed E-state index contributed by atoms with van der Waals surface area (Å²) in [6, 6.07) is -0.494. The standard InChI is InChI=1S/C8H11NO4/c1-13-8(12)4-6(10)5-2-3-7(11)9-5/h5H,2-4H2,1H3,(H,9,11)/t5-/m0/s1. The molecule has 72 valence electrons. The van der Waals surface area contributed by atoms with Gasteiger partial charge in [-0.3, -0.25) is 14.4 Å². The molecule has 0 spiro atoms. The van der Waals surface area contributed by atoms with Crippen LogP contribution < -0.4 is 5.32 Å². The highest BCUT2D eigenvalue weighted by Crippen LogP contribution is 2.09. The molecule has 0 saturated carbocycles. The monoisotopic (exact) mass is 185 g/mol. The molecule has 0 unspecified atom stereocenters. The lowest BCUT2D eigenvalue weighted by Gasteiger charge is -2.06. The lowest BCUT2D eigenvalue weighted by molar-refractivity contribution is -0.144. The molecular formula is C8H11NO4. The number of hydrogen-bond donors (Lipinski definition) is 1. The number of Topliss-reactive ketones (excluding diaryl/α,β-unsaturated/α-hetero) is 1. The van der Waals surface area contributed by atoms with E-state index in [9.17, 15) is 14.4 Å². The van der Waals surface area contributed by atoms with E-state index in [4.69, 9.17) is 0 Å². The Hall–Kier alpha value is -1.39. The van der Waals surface area contributed by atoms with E-state index < -0.39 is 12.0 Å². The van der Waals surface area contributed by atoms with Gasteiger partial charge in [0.1, 0.15) is 6.42 Å². The van der Waals surface area contributed by atoms with Gasteiger partial charge in [-0.15, -0.1) is 0 Å². The minimum Gasteiger partial charge on any atom is -0.469 e. The summed E-state index contributed by atoms with van der Waals surface area (Å²) in [6.07, 6.45) is 0.577. The van der Waals surface area contributed by atoms with Crippen LogP contribution in [0.15, 0.2) is 0 Å². The van der Waals surface area contributed by atoms with Crippen LogP contribution in [0.25, 0.3) is 0 Å². The van der Waals surface area contributed by atoms with Gasteiger partial charge in [0, 0.05) is 6.42 Å². The number of esters is 1. The summed E-state index contributed by atoms with van der Waals surface area (Å²) < 4.78 is 4.33. The highest BCUT2D eigenvalue weighted by molar-refractivity contribution is 6.01. The van der Waals surface area contributed by atoms with Gasteiger partial charge in [-0.25, -0.2) is 0 Å². The maximum atomic E-state index is 11.2. The number of methoxy groups -OCH3 is 1. The van der Waals surface area contributed by atoms with Crippen molar-refractivity contribution in [2.24, 2.45) is 0 Å². The zero-order chi connectivity index (χ0) is 9.84. The molecule has 1 heterocycles. The molecule has 1 aliphatic rings. The zero-order valence-corrected chi connectivity index (χ0v) is 7.33. The molecule has 1 rings (SSSR count). The van der Waals surface area contributed by atoms with E-state index in [1.54, 1.807) is 0 Å². The molecule has 1 saturated heterocycles. The van der Waals surface area contributed by atoms with Gasteiger partial charge in [0.2, 0.25) is 5.91 Å². The highest BCUT2D eigenvalue weighted by atomic mass is 16.5. The van der Waals surface area contributed by atoms with Crippen LogP contribution in [-0.2, 0) is 19.1 Å². The van der Waals surface area contributed by atoms with E-state index in [2.05, 4.69) is 10.1 Å². The summed E-state index contributed by atoms with van der Waals surface area (Å²) in [6.45, 7) is 0. The molecule has 5 nitrogen and oxygen atoms in total. The van der Waals surface area contributed by atoms with Crippen LogP contribution in [0.2, 0.25) is 0 Å². The number of amides is 1. The van der Waals surface area contributed by atoms with Gasteiger partial charge in [0.15, 0.2) is 5.78 Å². The predicted octanol–water partition coefficient (Wildman–Crippen LogP) is -0.603. The van der Waals surface area contributed by atoms with Crippen molar-refractivity contribution in [3.8, 4) is 0 Å². The zero-order valence-electron chi connectivity index (χ0n) is 7.33. The van der Waals surface area contributed by atoms with Crippen molar-refractivity contribution in [2.45, 2.75) is 25.3 Å². The fraction of sp³-hybridized carbons (Fsp3) is 0.625. The Morgan fingerprint density at radius 3 is 2.77 bits per heavy atom. The van der Waals surface area contributed by atoms with Gasteiger partial charge in [-0.05, 0) is 6.42 Å². The molecule has 1 amide bonds. The molecule has 1 fully saturated rings. The van der Waals surface area contributed by atoms with Crippen molar-refractivity contribution in [3.63, 3.8) is 0 Å². The minimum atomic E-state index is -0.564. The average Bonchev–Trinajstić information content (AvgIpc) is 2.51. The Labute approximate surface area is 75.4 Å². The Morgan fingerprint density at radius 1 is 1.62 bits per heavy atom. The first-order valence-electron chi connectivity index (χ1n) is 4.02. The third-order valence-electron chi connectivity index (χ3n) is 1.93. The first-order valence-corrected chi connectivity index (χ1v) is 4.02. The van der Waals surface area contributed by atoms with Crippen LogP contribution in [0.1, 0.15) is 19.3 Å².